The van der Waals surface area contributed by atoms with Crippen molar-refractivity contribution in [3.05, 3.63) is 35.9 Å². The molecule has 0 aliphatic heterocycles. The van der Waals surface area contributed by atoms with Crippen molar-refractivity contribution in [2.45, 2.75) is 26.4 Å². The fourth-order valence-corrected chi connectivity index (χ4v) is 1.79. The molecule has 1 aromatic carbocycles. The summed E-state index contributed by atoms with van der Waals surface area (Å²) < 4.78 is 5.27. The van der Waals surface area contributed by atoms with Gasteiger partial charge in [0.2, 0.25) is 5.91 Å². The molecule has 0 radical (unpaired) electrons. The van der Waals surface area contributed by atoms with E-state index >= 15 is 0 Å². The van der Waals surface area contributed by atoms with Crippen molar-refractivity contribution < 1.29 is 19.4 Å². The smallest absolute Gasteiger partial charge is 0.308 e. The minimum absolute atomic E-state index is 0.0621. The van der Waals surface area contributed by atoms with Crippen molar-refractivity contribution in [2.24, 2.45) is 5.92 Å². The molecule has 0 aliphatic rings. The minimum atomic E-state index is -0.877. The standard InChI is InChI=1S/C15H21NO4/c1-2-6-13(15(18)19)9-16-14(17)11-20-10-12-7-4-3-5-8-12/h3-5,7-8,13H,2,6,9-11H2,1H3,(H,16,17)(H,18,19). The van der Waals surface area contributed by atoms with Crippen LogP contribution in [0.1, 0.15) is 25.3 Å². The topological polar surface area (TPSA) is 75.6 Å². The Labute approximate surface area is 118 Å². The molecule has 0 aliphatic carbocycles. The second-order valence-corrected chi connectivity index (χ2v) is 4.61. The van der Waals surface area contributed by atoms with E-state index in [0.717, 1.165) is 12.0 Å². The molecule has 0 saturated heterocycles. The minimum Gasteiger partial charge on any atom is -0.481 e. The van der Waals surface area contributed by atoms with Gasteiger partial charge in [0.1, 0.15) is 6.61 Å². The Hall–Kier alpha value is -1.88. The van der Waals surface area contributed by atoms with E-state index in [1.807, 2.05) is 37.3 Å². The van der Waals surface area contributed by atoms with Crippen LogP contribution in [0, 0.1) is 5.92 Å². The molecule has 20 heavy (non-hydrogen) atoms. The zero-order chi connectivity index (χ0) is 14.8. The second kappa shape index (κ2) is 9.09. The second-order valence-electron chi connectivity index (χ2n) is 4.61. The van der Waals surface area contributed by atoms with Crippen molar-refractivity contribution in [1.29, 1.82) is 0 Å². The molecule has 0 heterocycles. The van der Waals surface area contributed by atoms with Crippen LogP contribution >= 0.6 is 0 Å². The Morgan fingerprint density at radius 2 is 2.00 bits per heavy atom. The summed E-state index contributed by atoms with van der Waals surface area (Å²) in [7, 11) is 0. The van der Waals surface area contributed by atoms with Crippen LogP contribution in [0.25, 0.3) is 0 Å². The molecule has 5 nitrogen and oxygen atoms in total. The van der Waals surface area contributed by atoms with Gasteiger partial charge in [-0.05, 0) is 12.0 Å². The van der Waals surface area contributed by atoms with E-state index in [4.69, 9.17) is 9.84 Å². The van der Waals surface area contributed by atoms with Gasteiger partial charge in [-0.25, -0.2) is 0 Å². The lowest BCUT2D eigenvalue weighted by Gasteiger charge is -2.12. The van der Waals surface area contributed by atoms with Gasteiger partial charge in [-0.1, -0.05) is 43.7 Å². The third-order valence-corrected chi connectivity index (χ3v) is 2.88. The molecule has 0 spiro atoms. The highest BCUT2D eigenvalue weighted by Gasteiger charge is 2.16. The number of ether oxygens (including phenoxy) is 1. The molecule has 0 fully saturated rings. The zero-order valence-corrected chi connectivity index (χ0v) is 11.7. The molecule has 1 amide bonds. The summed E-state index contributed by atoms with van der Waals surface area (Å²) in [6, 6.07) is 9.55. The van der Waals surface area contributed by atoms with Crippen LogP contribution in [0.4, 0.5) is 0 Å². The number of amides is 1. The molecule has 5 heteroatoms. The van der Waals surface area contributed by atoms with Crippen LogP contribution in [0.5, 0.6) is 0 Å². The summed E-state index contributed by atoms with van der Waals surface area (Å²) in [4.78, 5) is 22.5. The summed E-state index contributed by atoms with van der Waals surface area (Å²) in [5, 5.41) is 11.5. The van der Waals surface area contributed by atoms with E-state index in [1.165, 1.54) is 0 Å². The molecular formula is C15H21NO4. The predicted octanol–water partition coefficient (Wildman–Crippen LogP) is 1.82. The number of aliphatic carboxylic acids is 1. The average molecular weight is 279 g/mol. The van der Waals surface area contributed by atoms with E-state index in [0.29, 0.717) is 13.0 Å². The number of rotatable bonds is 9. The Bertz CT molecular complexity index is 419. The third-order valence-electron chi connectivity index (χ3n) is 2.88. The highest BCUT2D eigenvalue weighted by Crippen LogP contribution is 2.05. The molecule has 1 atom stereocenters. The van der Waals surface area contributed by atoms with Gasteiger partial charge in [-0.3, -0.25) is 9.59 Å². The first kappa shape index (κ1) is 16.2. The van der Waals surface area contributed by atoms with E-state index < -0.39 is 11.9 Å². The molecule has 2 N–H and O–H groups in total. The molecule has 110 valence electrons. The maximum Gasteiger partial charge on any atom is 0.308 e. The molecule has 0 aromatic heterocycles. The number of hydrogen-bond acceptors (Lipinski definition) is 3. The lowest BCUT2D eigenvalue weighted by molar-refractivity contribution is -0.142. The van der Waals surface area contributed by atoms with Crippen LogP contribution in [0.15, 0.2) is 30.3 Å². The first-order valence-electron chi connectivity index (χ1n) is 6.74. The van der Waals surface area contributed by atoms with Crippen molar-refractivity contribution in [3.8, 4) is 0 Å². The average Bonchev–Trinajstić information content (AvgIpc) is 2.44. The maximum atomic E-state index is 11.5. The first-order chi connectivity index (χ1) is 9.63. The van der Waals surface area contributed by atoms with Gasteiger partial charge in [0, 0.05) is 6.54 Å². The SMILES string of the molecule is CCCC(CNC(=O)COCc1ccccc1)C(=O)O. The monoisotopic (exact) mass is 279 g/mol. The highest BCUT2D eigenvalue weighted by molar-refractivity contribution is 5.78. The van der Waals surface area contributed by atoms with Crippen LogP contribution in [-0.2, 0) is 20.9 Å². The van der Waals surface area contributed by atoms with Gasteiger partial charge in [0.15, 0.2) is 0 Å². The molecule has 1 unspecified atom stereocenters. The Kier molecular flexibility index (Phi) is 7.35. The van der Waals surface area contributed by atoms with Crippen LogP contribution in [-0.4, -0.2) is 30.1 Å². The Morgan fingerprint density at radius 1 is 1.30 bits per heavy atom. The first-order valence-corrected chi connectivity index (χ1v) is 6.74. The van der Waals surface area contributed by atoms with Gasteiger partial charge in [-0.15, -0.1) is 0 Å². The van der Waals surface area contributed by atoms with Gasteiger partial charge in [-0.2, -0.15) is 0 Å². The Morgan fingerprint density at radius 3 is 2.60 bits per heavy atom. The lowest BCUT2D eigenvalue weighted by Crippen LogP contribution is -2.35. The summed E-state index contributed by atoms with van der Waals surface area (Å²) in [5.41, 5.74) is 0.995. The number of nitrogens with one attached hydrogen (secondary N) is 1. The summed E-state index contributed by atoms with van der Waals surface area (Å²) in [6.07, 6.45) is 1.33. The zero-order valence-electron chi connectivity index (χ0n) is 11.7. The summed E-state index contributed by atoms with van der Waals surface area (Å²) >= 11 is 0. The molecule has 0 saturated carbocycles. The van der Waals surface area contributed by atoms with Crippen LogP contribution in [0.3, 0.4) is 0 Å². The maximum absolute atomic E-state index is 11.5. The number of carboxylic acid groups (broad SMARTS) is 1. The Balaban J connectivity index is 2.21. The quantitative estimate of drug-likeness (QED) is 0.723. The molecular weight excluding hydrogens is 258 g/mol. The van der Waals surface area contributed by atoms with E-state index in [2.05, 4.69) is 5.32 Å². The number of hydrogen-bond donors (Lipinski definition) is 2. The van der Waals surface area contributed by atoms with Crippen LogP contribution in [0.2, 0.25) is 0 Å². The lowest BCUT2D eigenvalue weighted by atomic mass is 10.0. The van der Waals surface area contributed by atoms with Crippen molar-refractivity contribution in [1.82, 2.24) is 5.32 Å². The number of benzene rings is 1. The number of carboxylic acids is 1. The van der Waals surface area contributed by atoms with Crippen LogP contribution < -0.4 is 5.32 Å². The summed E-state index contributed by atoms with van der Waals surface area (Å²) in [6.45, 7) is 2.37. The molecule has 1 rings (SSSR count). The number of carbonyl (C=O) groups excluding carboxylic acids is 1. The fraction of sp³-hybridized carbons (Fsp3) is 0.467. The van der Waals surface area contributed by atoms with Crippen molar-refractivity contribution >= 4 is 11.9 Å². The fourth-order valence-electron chi connectivity index (χ4n) is 1.79. The van der Waals surface area contributed by atoms with E-state index in [-0.39, 0.29) is 19.1 Å². The number of carbonyl (C=O) groups is 2. The molecule has 1 aromatic rings. The van der Waals surface area contributed by atoms with E-state index in [1.54, 1.807) is 0 Å². The normalized spacial score (nSPS) is 11.8. The van der Waals surface area contributed by atoms with Gasteiger partial charge in [0.25, 0.3) is 0 Å². The predicted molar refractivity (Wildman–Crippen MR) is 75.1 cm³/mol. The summed E-state index contributed by atoms with van der Waals surface area (Å²) in [5.74, 6) is -1.70. The van der Waals surface area contributed by atoms with Gasteiger partial charge >= 0.3 is 5.97 Å². The van der Waals surface area contributed by atoms with Gasteiger partial charge < -0.3 is 15.2 Å². The van der Waals surface area contributed by atoms with Gasteiger partial charge in [0.05, 0.1) is 12.5 Å². The molecule has 0 bridgehead atoms. The van der Waals surface area contributed by atoms with Crippen molar-refractivity contribution in [3.63, 3.8) is 0 Å². The third kappa shape index (κ3) is 6.33. The van der Waals surface area contributed by atoms with Crippen molar-refractivity contribution in [2.75, 3.05) is 13.2 Å². The largest absolute Gasteiger partial charge is 0.481 e. The highest BCUT2D eigenvalue weighted by atomic mass is 16.5. The van der Waals surface area contributed by atoms with E-state index in [9.17, 15) is 9.59 Å².